The van der Waals surface area contributed by atoms with Gasteiger partial charge in [0.05, 0.1) is 4.92 Å². The maximum absolute atomic E-state index is 12.0. The number of nitro benzene ring substituents is 1. The average Bonchev–Trinajstić information content (AvgIpc) is 2.42. The molecule has 0 aromatic heterocycles. The molecule has 6 nitrogen and oxygen atoms in total. The molecule has 0 unspecified atom stereocenters. The van der Waals surface area contributed by atoms with Crippen LogP contribution >= 0.6 is 11.6 Å². The van der Waals surface area contributed by atoms with E-state index in [4.69, 9.17) is 16.7 Å². The number of nitrogens with zero attached hydrogens (tertiary/aromatic N) is 1. The predicted octanol–water partition coefficient (Wildman–Crippen LogP) is 2.78. The van der Waals surface area contributed by atoms with Crippen LogP contribution in [0.1, 0.15) is 37.0 Å². The molecule has 0 aliphatic rings. The summed E-state index contributed by atoms with van der Waals surface area (Å²) < 4.78 is 0. The molecule has 21 heavy (non-hydrogen) atoms. The van der Waals surface area contributed by atoms with Gasteiger partial charge in [0.15, 0.2) is 0 Å². The molecular weight excluding hydrogens is 296 g/mol. The van der Waals surface area contributed by atoms with Crippen molar-refractivity contribution in [3.63, 3.8) is 0 Å². The maximum Gasteiger partial charge on any atom is 0.300 e. The van der Waals surface area contributed by atoms with Crippen LogP contribution in [0, 0.1) is 15.5 Å². The van der Waals surface area contributed by atoms with E-state index < -0.39 is 10.8 Å². The number of carbonyl (C=O) groups is 1. The molecule has 0 aliphatic heterocycles. The van der Waals surface area contributed by atoms with Gasteiger partial charge in [-0.3, -0.25) is 14.9 Å². The molecule has 116 valence electrons. The van der Waals surface area contributed by atoms with Crippen LogP contribution in [-0.2, 0) is 0 Å². The SMILES string of the molecule is CC(C)(CO)CCCNC(=O)c1cccc(Cl)c1[N+](=O)[O-]. The van der Waals surface area contributed by atoms with Crippen LogP contribution in [-0.4, -0.2) is 29.1 Å². The molecule has 0 atom stereocenters. The Bertz CT molecular complexity index is 532. The van der Waals surface area contributed by atoms with Gasteiger partial charge in [-0.1, -0.05) is 31.5 Å². The smallest absolute Gasteiger partial charge is 0.300 e. The van der Waals surface area contributed by atoms with Gasteiger partial charge in [-0.25, -0.2) is 0 Å². The van der Waals surface area contributed by atoms with Crippen LogP contribution < -0.4 is 5.32 Å². The van der Waals surface area contributed by atoms with Gasteiger partial charge in [-0.05, 0) is 30.4 Å². The highest BCUT2D eigenvalue weighted by Crippen LogP contribution is 2.28. The Kier molecular flexibility index (Phi) is 6.11. The summed E-state index contributed by atoms with van der Waals surface area (Å²) in [5.74, 6) is -0.522. The molecule has 0 bridgehead atoms. The Morgan fingerprint density at radius 3 is 2.71 bits per heavy atom. The standard InChI is InChI=1S/C14H19ClN2O4/c1-14(2,9-18)7-4-8-16-13(19)10-5-3-6-11(15)12(10)17(20)21/h3,5-6,18H,4,7-9H2,1-2H3,(H,16,19). The Labute approximate surface area is 128 Å². The first kappa shape index (κ1) is 17.4. The summed E-state index contributed by atoms with van der Waals surface area (Å²) in [4.78, 5) is 22.3. The number of rotatable bonds is 7. The van der Waals surface area contributed by atoms with Crippen molar-refractivity contribution in [3.05, 3.63) is 38.9 Å². The summed E-state index contributed by atoms with van der Waals surface area (Å²) in [6.07, 6.45) is 1.41. The first-order chi connectivity index (χ1) is 9.78. The number of carbonyl (C=O) groups excluding carboxylic acids is 1. The van der Waals surface area contributed by atoms with Crippen molar-refractivity contribution in [1.29, 1.82) is 0 Å². The molecule has 0 spiro atoms. The molecule has 0 saturated carbocycles. The number of benzene rings is 1. The van der Waals surface area contributed by atoms with Crippen molar-refractivity contribution in [2.45, 2.75) is 26.7 Å². The van der Waals surface area contributed by atoms with E-state index in [2.05, 4.69) is 5.32 Å². The second kappa shape index (κ2) is 7.38. The van der Waals surface area contributed by atoms with Crippen LogP contribution in [0.2, 0.25) is 5.02 Å². The number of nitro groups is 1. The number of para-hydroxylation sites is 1. The molecule has 0 heterocycles. The second-order valence-corrected chi connectivity index (χ2v) is 5.98. The van der Waals surface area contributed by atoms with Crippen molar-refractivity contribution < 1.29 is 14.8 Å². The fourth-order valence-corrected chi connectivity index (χ4v) is 2.07. The van der Waals surface area contributed by atoms with Crippen molar-refractivity contribution in [2.75, 3.05) is 13.2 Å². The first-order valence-corrected chi connectivity index (χ1v) is 6.98. The molecule has 1 aromatic carbocycles. The highest BCUT2D eigenvalue weighted by atomic mass is 35.5. The number of hydrogen-bond acceptors (Lipinski definition) is 4. The number of hydrogen-bond donors (Lipinski definition) is 2. The van der Waals surface area contributed by atoms with Crippen LogP contribution in [0.3, 0.4) is 0 Å². The van der Waals surface area contributed by atoms with Crippen LogP contribution in [0.5, 0.6) is 0 Å². The lowest BCUT2D eigenvalue weighted by Crippen LogP contribution is -2.27. The second-order valence-electron chi connectivity index (χ2n) is 5.57. The summed E-state index contributed by atoms with van der Waals surface area (Å²) in [5.41, 5.74) is -0.631. The van der Waals surface area contributed by atoms with Gasteiger partial charge in [0.1, 0.15) is 10.6 Å². The Morgan fingerprint density at radius 1 is 1.48 bits per heavy atom. The van der Waals surface area contributed by atoms with Crippen LogP contribution in [0.4, 0.5) is 5.69 Å². The van der Waals surface area contributed by atoms with Gasteiger partial charge >= 0.3 is 5.69 Å². The van der Waals surface area contributed by atoms with Crippen molar-refractivity contribution in [3.8, 4) is 0 Å². The Balaban J connectivity index is 2.65. The normalized spacial score (nSPS) is 11.2. The molecule has 1 amide bonds. The van der Waals surface area contributed by atoms with Crippen molar-refractivity contribution >= 4 is 23.2 Å². The molecule has 0 saturated heterocycles. The zero-order valence-electron chi connectivity index (χ0n) is 12.1. The van der Waals surface area contributed by atoms with Gasteiger partial charge in [0.2, 0.25) is 0 Å². The predicted molar refractivity (Wildman–Crippen MR) is 80.5 cm³/mol. The largest absolute Gasteiger partial charge is 0.396 e. The third kappa shape index (κ3) is 4.99. The van der Waals surface area contributed by atoms with Crippen molar-refractivity contribution in [1.82, 2.24) is 5.32 Å². The molecule has 0 radical (unpaired) electrons. The third-order valence-corrected chi connectivity index (χ3v) is 3.46. The number of nitrogens with one attached hydrogen (secondary N) is 1. The van der Waals surface area contributed by atoms with Crippen LogP contribution in [0.25, 0.3) is 0 Å². The van der Waals surface area contributed by atoms with Gasteiger partial charge in [-0.15, -0.1) is 0 Å². The molecular formula is C14H19ClN2O4. The number of halogens is 1. The lowest BCUT2D eigenvalue weighted by atomic mass is 9.89. The van der Waals surface area contributed by atoms with Gasteiger partial charge < -0.3 is 10.4 Å². The van der Waals surface area contributed by atoms with E-state index in [1.54, 1.807) is 0 Å². The van der Waals surface area contributed by atoms with Gasteiger partial charge in [0.25, 0.3) is 5.91 Å². The van der Waals surface area contributed by atoms with E-state index in [1.807, 2.05) is 13.8 Å². The van der Waals surface area contributed by atoms with E-state index in [0.29, 0.717) is 13.0 Å². The highest BCUT2D eigenvalue weighted by molar-refractivity contribution is 6.33. The minimum Gasteiger partial charge on any atom is -0.396 e. The zero-order chi connectivity index (χ0) is 16.0. The fraction of sp³-hybridized carbons (Fsp3) is 0.500. The van der Waals surface area contributed by atoms with E-state index in [9.17, 15) is 14.9 Å². The summed E-state index contributed by atoms with van der Waals surface area (Å²) in [5, 5.41) is 22.7. The van der Waals surface area contributed by atoms with Gasteiger partial charge in [0, 0.05) is 13.2 Å². The lowest BCUT2D eigenvalue weighted by Gasteiger charge is -2.21. The molecule has 0 aliphatic carbocycles. The highest BCUT2D eigenvalue weighted by Gasteiger charge is 2.23. The fourth-order valence-electron chi connectivity index (χ4n) is 1.83. The van der Waals surface area contributed by atoms with E-state index in [1.165, 1.54) is 18.2 Å². The minimum atomic E-state index is -0.661. The van der Waals surface area contributed by atoms with Gasteiger partial charge in [-0.2, -0.15) is 0 Å². The number of aliphatic hydroxyl groups excluding tert-OH is 1. The molecule has 1 aromatic rings. The molecule has 7 heteroatoms. The topological polar surface area (TPSA) is 92.5 Å². The number of aliphatic hydroxyl groups is 1. The van der Waals surface area contributed by atoms with Crippen LogP contribution in [0.15, 0.2) is 18.2 Å². The Hall–Kier alpha value is -1.66. The monoisotopic (exact) mass is 314 g/mol. The van der Waals surface area contributed by atoms with E-state index >= 15 is 0 Å². The lowest BCUT2D eigenvalue weighted by molar-refractivity contribution is -0.385. The maximum atomic E-state index is 12.0. The van der Waals surface area contributed by atoms with E-state index in [0.717, 1.165) is 6.42 Å². The minimum absolute atomic E-state index is 0.0473. The Morgan fingerprint density at radius 2 is 2.14 bits per heavy atom. The van der Waals surface area contributed by atoms with E-state index in [-0.39, 0.29) is 28.3 Å². The summed E-state index contributed by atoms with van der Waals surface area (Å²) in [6.45, 7) is 4.31. The van der Waals surface area contributed by atoms with Crippen molar-refractivity contribution in [2.24, 2.45) is 5.41 Å². The molecule has 0 fully saturated rings. The average molecular weight is 315 g/mol. The molecule has 2 N–H and O–H groups in total. The summed E-state index contributed by atoms with van der Waals surface area (Å²) in [6, 6.07) is 4.25. The third-order valence-electron chi connectivity index (χ3n) is 3.16. The summed E-state index contributed by atoms with van der Waals surface area (Å²) >= 11 is 5.76. The quantitative estimate of drug-likeness (QED) is 0.460. The summed E-state index contributed by atoms with van der Waals surface area (Å²) in [7, 11) is 0. The molecule has 1 rings (SSSR count). The zero-order valence-corrected chi connectivity index (χ0v) is 12.8. The number of amides is 1. The first-order valence-electron chi connectivity index (χ1n) is 6.60.